The first-order valence-corrected chi connectivity index (χ1v) is 11.0. The second-order valence-corrected chi connectivity index (χ2v) is 8.34. The Morgan fingerprint density at radius 2 is 2.00 bits per heavy atom. The zero-order valence-corrected chi connectivity index (χ0v) is 18.3. The number of pyridine rings is 2. The molecule has 3 N–H and O–H groups in total. The maximum absolute atomic E-state index is 5.50. The molecule has 0 saturated heterocycles. The number of ether oxygens (including phenoxy) is 2. The van der Waals surface area contributed by atoms with Crippen LogP contribution in [-0.4, -0.2) is 40.2 Å². The minimum atomic E-state index is 0.486. The second kappa shape index (κ2) is 8.23. The van der Waals surface area contributed by atoms with Gasteiger partial charge in [0.15, 0.2) is 5.75 Å². The Bertz CT molecular complexity index is 1220. The predicted octanol–water partition coefficient (Wildman–Crippen LogP) is 4.85. The number of nitrogens with zero attached hydrogens (tertiary/aromatic N) is 2. The lowest BCUT2D eigenvalue weighted by molar-refractivity contribution is 0.343. The monoisotopic (exact) mass is 419 g/mol. The van der Waals surface area contributed by atoms with E-state index < -0.39 is 0 Å². The number of hydrogen-bond donors (Lipinski definition) is 3. The van der Waals surface area contributed by atoms with Gasteiger partial charge < -0.3 is 24.8 Å². The Morgan fingerprint density at radius 3 is 2.77 bits per heavy atom. The average Bonchev–Trinajstić information content (AvgIpc) is 3.42. The summed E-state index contributed by atoms with van der Waals surface area (Å²) in [5.41, 5.74) is 6.90. The van der Waals surface area contributed by atoms with Crippen LogP contribution < -0.4 is 14.8 Å². The van der Waals surface area contributed by atoms with Crippen molar-refractivity contribution in [3.8, 4) is 22.9 Å². The van der Waals surface area contributed by atoms with E-state index in [0.717, 1.165) is 45.4 Å². The molecule has 0 aliphatic heterocycles. The molecule has 0 spiro atoms. The van der Waals surface area contributed by atoms with E-state index in [2.05, 4.69) is 32.4 Å². The van der Waals surface area contributed by atoms with Gasteiger partial charge in [0.25, 0.3) is 5.88 Å². The summed E-state index contributed by atoms with van der Waals surface area (Å²) >= 11 is 0. The van der Waals surface area contributed by atoms with Crippen LogP contribution in [-0.2, 0) is 6.54 Å². The van der Waals surface area contributed by atoms with Crippen LogP contribution in [0.1, 0.15) is 43.2 Å². The third-order valence-electron chi connectivity index (χ3n) is 6.47. The summed E-state index contributed by atoms with van der Waals surface area (Å²) in [7, 11) is 3.25. The number of aryl methyl sites for hydroxylation is 1. The molecule has 4 heterocycles. The largest absolute Gasteiger partial charge is 0.491 e. The smallest absolute Gasteiger partial charge is 0.257 e. The van der Waals surface area contributed by atoms with Crippen molar-refractivity contribution in [2.24, 2.45) is 0 Å². The summed E-state index contributed by atoms with van der Waals surface area (Å²) in [6.07, 6.45) is 10.4. The topological polar surface area (TPSA) is 87.9 Å². The Kier molecular flexibility index (Phi) is 5.28. The van der Waals surface area contributed by atoms with Crippen LogP contribution in [0.4, 0.5) is 0 Å². The molecule has 5 rings (SSSR count). The molecule has 0 aromatic carbocycles. The van der Waals surface area contributed by atoms with Gasteiger partial charge in [-0.05, 0) is 37.5 Å². The highest BCUT2D eigenvalue weighted by molar-refractivity contribution is 5.97. The number of methoxy groups -OCH3 is 2. The molecule has 0 atom stereocenters. The van der Waals surface area contributed by atoms with Crippen molar-refractivity contribution in [2.75, 3.05) is 14.2 Å². The summed E-state index contributed by atoms with van der Waals surface area (Å²) in [5, 5.41) is 4.89. The number of H-pyrrole nitrogens is 2. The van der Waals surface area contributed by atoms with Gasteiger partial charge in [-0.3, -0.25) is 0 Å². The van der Waals surface area contributed by atoms with Gasteiger partial charge in [-0.25, -0.2) is 9.97 Å². The maximum atomic E-state index is 5.50. The Morgan fingerprint density at radius 1 is 1.16 bits per heavy atom. The number of rotatable bonds is 6. The van der Waals surface area contributed by atoms with E-state index in [1.807, 2.05) is 19.3 Å². The van der Waals surface area contributed by atoms with Crippen molar-refractivity contribution < 1.29 is 9.47 Å². The van der Waals surface area contributed by atoms with Crippen molar-refractivity contribution >= 4 is 22.1 Å². The lowest BCUT2D eigenvalue weighted by Crippen LogP contribution is -2.30. The number of aromatic amines is 2. The van der Waals surface area contributed by atoms with Crippen molar-refractivity contribution in [3.63, 3.8) is 0 Å². The third-order valence-corrected chi connectivity index (χ3v) is 6.47. The van der Waals surface area contributed by atoms with E-state index >= 15 is 0 Å². The van der Waals surface area contributed by atoms with Crippen molar-refractivity contribution in [1.82, 2.24) is 25.3 Å². The molecule has 162 valence electrons. The molecule has 7 nitrogen and oxygen atoms in total. The lowest BCUT2D eigenvalue weighted by atomic mass is 9.95. The Labute approximate surface area is 181 Å². The van der Waals surface area contributed by atoms with E-state index in [1.54, 1.807) is 14.2 Å². The first-order chi connectivity index (χ1) is 15.2. The highest BCUT2D eigenvalue weighted by Crippen LogP contribution is 2.38. The standard InChI is InChI=1S/C24H29N5O2/c1-14-20-21(29-24(31-3)22(14)30-2)18(13-27-20)19-11-17-15(9-10-25-23(17)28-19)12-26-16-7-5-4-6-8-16/h9-11,13,16,26-27H,4-8,12H2,1-3H3,(H,25,28). The minimum absolute atomic E-state index is 0.486. The average molecular weight is 420 g/mol. The molecule has 1 aliphatic rings. The molecule has 4 aromatic rings. The van der Waals surface area contributed by atoms with Crippen LogP contribution in [0, 0.1) is 6.92 Å². The second-order valence-electron chi connectivity index (χ2n) is 8.34. The molecule has 31 heavy (non-hydrogen) atoms. The Balaban J connectivity index is 1.52. The number of fused-ring (bicyclic) bond motifs is 2. The summed E-state index contributed by atoms with van der Waals surface area (Å²) in [5.74, 6) is 1.14. The highest BCUT2D eigenvalue weighted by Gasteiger charge is 2.20. The molecular weight excluding hydrogens is 390 g/mol. The third kappa shape index (κ3) is 3.53. The molecule has 0 bridgehead atoms. The molecule has 1 aliphatic carbocycles. The van der Waals surface area contributed by atoms with Crippen molar-refractivity contribution in [2.45, 2.75) is 51.6 Å². The number of hydrogen-bond acceptors (Lipinski definition) is 5. The van der Waals surface area contributed by atoms with Gasteiger partial charge in [0.1, 0.15) is 11.2 Å². The van der Waals surface area contributed by atoms with Gasteiger partial charge in [0.2, 0.25) is 0 Å². The van der Waals surface area contributed by atoms with E-state index in [-0.39, 0.29) is 0 Å². The van der Waals surface area contributed by atoms with Crippen molar-refractivity contribution in [1.29, 1.82) is 0 Å². The van der Waals surface area contributed by atoms with Gasteiger partial charge in [0, 0.05) is 41.5 Å². The normalized spacial score (nSPS) is 15.1. The SMILES string of the molecule is COc1nc2c(-c3cc4c(CNC5CCCCC5)ccnc4[nH]3)c[nH]c2c(C)c1OC. The molecule has 1 saturated carbocycles. The molecular formula is C24H29N5O2. The van der Waals surface area contributed by atoms with Crippen LogP contribution in [0.2, 0.25) is 0 Å². The first-order valence-electron chi connectivity index (χ1n) is 11.0. The molecule has 4 aromatic heterocycles. The number of aromatic nitrogens is 4. The number of nitrogens with one attached hydrogen (secondary N) is 3. The van der Waals surface area contributed by atoms with Crippen LogP contribution >= 0.6 is 0 Å². The minimum Gasteiger partial charge on any atom is -0.491 e. The first kappa shape index (κ1) is 19.9. The quantitative estimate of drug-likeness (QED) is 0.416. The van der Waals surface area contributed by atoms with Crippen LogP contribution in [0.25, 0.3) is 33.3 Å². The maximum Gasteiger partial charge on any atom is 0.257 e. The van der Waals surface area contributed by atoms with Crippen LogP contribution in [0.5, 0.6) is 11.6 Å². The lowest BCUT2D eigenvalue weighted by Gasteiger charge is -2.23. The molecule has 7 heteroatoms. The van der Waals surface area contributed by atoms with Gasteiger partial charge >= 0.3 is 0 Å². The highest BCUT2D eigenvalue weighted by atomic mass is 16.5. The van der Waals surface area contributed by atoms with Gasteiger partial charge in [-0.1, -0.05) is 19.3 Å². The molecule has 0 amide bonds. The van der Waals surface area contributed by atoms with E-state index in [0.29, 0.717) is 17.7 Å². The van der Waals surface area contributed by atoms with E-state index in [9.17, 15) is 0 Å². The van der Waals surface area contributed by atoms with E-state index in [4.69, 9.17) is 14.5 Å². The molecule has 0 radical (unpaired) electrons. The fourth-order valence-electron chi connectivity index (χ4n) is 4.77. The van der Waals surface area contributed by atoms with Gasteiger partial charge in [-0.2, -0.15) is 0 Å². The van der Waals surface area contributed by atoms with Gasteiger partial charge in [0.05, 0.1) is 25.4 Å². The van der Waals surface area contributed by atoms with Crippen LogP contribution in [0.15, 0.2) is 24.5 Å². The predicted molar refractivity (Wildman–Crippen MR) is 123 cm³/mol. The Hall–Kier alpha value is -3.06. The summed E-state index contributed by atoms with van der Waals surface area (Å²) in [4.78, 5) is 16.1. The van der Waals surface area contributed by atoms with Gasteiger partial charge in [-0.15, -0.1) is 0 Å². The molecule has 0 unspecified atom stereocenters. The van der Waals surface area contributed by atoms with Crippen molar-refractivity contribution in [3.05, 3.63) is 35.7 Å². The van der Waals surface area contributed by atoms with Crippen LogP contribution in [0.3, 0.4) is 0 Å². The fourth-order valence-corrected chi connectivity index (χ4v) is 4.77. The summed E-state index contributed by atoms with van der Waals surface area (Å²) in [6.45, 7) is 2.87. The van der Waals surface area contributed by atoms with E-state index in [1.165, 1.54) is 37.7 Å². The zero-order chi connectivity index (χ0) is 21.4. The fraction of sp³-hybridized carbons (Fsp3) is 0.417. The molecule has 1 fully saturated rings. The summed E-state index contributed by atoms with van der Waals surface area (Å²) < 4.78 is 11.0. The zero-order valence-electron chi connectivity index (χ0n) is 18.3. The summed E-state index contributed by atoms with van der Waals surface area (Å²) in [6, 6.07) is 4.91.